The predicted octanol–water partition coefficient (Wildman–Crippen LogP) is 6.92. The first kappa shape index (κ1) is 20.4. The van der Waals surface area contributed by atoms with Crippen molar-refractivity contribution in [3.63, 3.8) is 0 Å². The van der Waals surface area contributed by atoms with Crippen molar-refractivity contribution in [3.05, 3.63) is 53.6 Å². The molecule has 1 N–H and O–H groups in total. The van der Waals surface area contributed by atoms with E-state index >= 15 is 0 Å². The summed E-state index contributed by atoms with van der Waals surface area (Å²) in [4.78, 5) is 12.0. The van der Waals surface area contributed by atoms with Crippen LogP contribution in [0.4, 0.5) is 0 Å². The Morgan fingerprint density at radius 2 is 1.72 bits per heavy atom. The molecule has 2 nitrogen and oxygen atoms in total. The number of carboxylic acids is 1. The van der Waals surface area contributed by atoms with Crippen LogP contribution in [0.15, 0.2) is 53.4 Å². The molecule has 0 fully saturated rings. The quantitative estimate of drug-likeness (QED) is 0.273. The van der Waals surface area contributed by atoms with Gasteiger partial charge in [0.1, 0.15) is 0 Å². The molecule has 0 saturated carbocycles. The van der Waals surface area contributed by atoms with Crippen molar-refractivity contribution in [1.29, 1.82) is 0 Å². The van der Waals surface area contributed by atoms with Gasteiger partial charge in [-0.25, -0.2) is 4.79 Å². The summed E-state index contributed by atoms with van der Waals surface area (Å²) in [7, 11) is 0. The lowest BCUT2D eigenvalue weighted by molar-refractivity contribution is -0.138. The van der Waals surface area contributed by atoms with Crippen molar-refractivity contribution in [1.82, 2.24) is 0 Å². The second-order valence-electron chi connectivity index (χ2n) is 5.70. The van der Waals surface area contributed by atoms with Gasteiger partial charge in [0.2, 0.25) is 4.33 Å². The summed E-state index contributed by atoms with van der Waals surface area (Å²) in [5.74, 6) is -0.210. The summed E-state index contributed by atoms with van der Waals surface area (Å²) in [6, 6.07) is 16.2. The van der Waals surface area contributed by atoms with Crippen LogP contribution >= 0.6 is 46.6 Å². The van der Waals surface area contributed by atoms with Crippen LogP contribution in [0.5, 0.6) is 0 Å². The molecule has 0 amide bonds. The van der Waals surface area contributed by atoms with Crippen LogP contribution in [0.1, 0.15) is 25.7 Å². The number of carboxylic acid groups (broad SMARTS) is 1. The molecule has 0 spiro atoms. The highest BCUT2D eigenvalue weighted by Gasteiger charge is 2.32. The van der Waals surface area contributed by atoms with E-state index in [0.29, 0.717) is 6.42 Å². The first-order valence-corrected chi connectivity index (χ1v) is 10.1. The average Bonchev–Trinajstić information content (AvgIpc) is 2.58. The zero-order chi connectivity index (χ0) is 18.3. The Morgan fingerprint density at radius 1 is 1.00 bits per heavy atom. The fourth-order valence-electron chi connectivity index (χ4n) is 2.33. The monoisotopic (exact) mass is 416 g/mol. The van der Waals surface area contributed by atoms with Gasteiger partial charge in [0, 0.05) is 9.92 Å². The third-order valence-corrected chi connectivity index (χ3v) is 5.76. The SMILES string of the molecule is O=C(O)C(Cl)(Cl)CCCCCSc1cccc(-c2ccc(Cl)cc2)c1. The third-order valence-electron chi connectivity index (χ3n) is 3.73. The van der Waals surface area contributed by atoms with Crippen molar-refractivity contribution in [2.75, 3.05) is 5.75 Å². The van der Waals surface area contributed by atoms with Crippen molar-refractivity contribution in [2.45, 2.75) is 34.9 Å². The van der Waals surface area contributed by atoms with Gasteiger partial charge in [0.05, 0.1) is 0 Å². The maximum atomic E-state index is 10.8. The maximum Gasteiger partial charge on any atom is 0.340 e. The molecule has 0 atom stereocenters. The van der Waals surface area contributed by atoms with Gasteiger partial charge >= 0.3 is 5.97 Å². The van der Waals surface area contributed by atoms with E-state index in [4.69, 9.17) is 39.9 Å². The molecule has 25 heavy (non-hydrogen) atoms. The lowest BCUT2D eigenvalue weighted by atomic mass is 10.1. The lowest BCUT2D eigenvalue weighted by Crippen LogP contribution is -2.25. The third kappa shape index (κ3) is 6.74. The highest BCUT2D eigenvalue weighted by atomic mass is 35.5. The van der Waals surface area contributed by atoms with Crippen molar-refractivity contribution in [3.8, 4) is 11.1 Å². The van der Waals surface area contributed by atoms with E-state index in [1.54, 1.807) is 11.8 Å². The normalized spacial score (nSPS) is 11.5. The number of alkyl halides is 2. The minimum Gasteiger partial charge on any atom is -0.479 e. The smallest absolute Gasteiger partial charge is 0.340 e. The minimum atomic E-state index is -1.67. The number of hydrogen-bond donors (Lipinski definition) is 1. The molecule has 134 valence electrons. The Bertz CT molecular complexity index is 702. The highest BCUT2D eigenvalue weighted by Crippen LogP contribution is 2.30. The molecule has 0 unspecified atom stereocenters. The summed E-state index contributed by atoms with van der Waals surface area (Å²) in [5.41, 5.74) is 2.30. The Hall–Kier alpha value is -0.870. The Balaban J connectivity index is 1.77. The van der Waals surface area contributed by atoms with Gasteiger partial charge in [-0.15, -0.1) is 11.8 Å². The molecule has 2 aromatic rings. The van der Waals surface area contributed by atoms with Crippen molar-refractivity contribution < 1.29 is 9.90 Å². The van der Waals surface area contributed by atoms with E-state index in [0.717, 1.165) is 34.7 Å². The molecular weight excluding hydrogens is 399 g/mol. The van der Waals surface area contributed by atoms with Gasteiger partial charge < -0.3 is 5.11 Å². The number of aliphatic carboxylic acids is 1. The maximum absolute atomic E-state index is 10.8. The van der Waals surface area contributed by atoms with Gasteiger partial charge in [0.15, 0.2) is 0 Å². The van der Waals surface area contributed by atoms with Gasteiger partial charge in [-0.2, -0.15) is 0 Å². The zero-order valence-corrected chi connectivity index (χ0v) is 16.6. The second kappa shape index (κ2) is 9.72. The molecule has 0 aromatic heterocycles. The molecule has 0 heterocycles. The Labute approximate surface area is 167 Å². The lowest BCUT2D eigenvalue weighted by Gasteiger charge is -2.13. The molecule has 0 bridgehead atoms. The minimum absolute atomic E-state index is 0.266. The first-order valence-electron chi connectivity index (χ1n) is 7.98. The van der Waals surface area contributed by atoms with Crippen LogP contribution in [-0.4, -0.2) is 21.2 Å². The van der Waals surface area contributed by atoms with Gasteiger partial charge in [-0.3, -0.25) is 0 Å². The second-order valence-corrected chi connectivity index (χ2v) is 8.79. The van der Waals surface area contributed by atoms with E-state index in [1.165, 1.54) is 4.90 Å². The van der Waals surface area contributed by atoms with Gasteiger partial charge in [-0.1, -0.05) is 65.5 Å². The van der Waals surface area contributed by atoms with Gasteiger partial charge in [-0.05, 0) is 60.4 Å². The fourth-order valence-corrected chi connectivity index (χ4v) is 3.69. The highest BCUT2D eigenvalue weighted by molar-refractivity contribution is 7.99. The predicted molar refractivity (Wildman–Crippen MR) is 108 cm³/mol. The van der Waals surface area contributed by atoms with Gasteiger partial charge in [0.25, 0.3) is 0 Å². The molecule has 0 aliphatic rings. The Morgan fingerprint density at radius 3 is 2.40 bits per heavy atom. The van der Waals surface area contributed by atoms with Crippen molar-refractivity contribution in [2.24, 2.45) is 0 Å². The number of thioether (sulfide) groups is 1. The topological polar surface area (TPSA) is 37.3 Å². The summed E-state index contributed by atoms with van der Waals surface area (Å²) < 4.78 is -1.67. The summed E-state index contributed by atoms with van der Waals surface area (Å²) in [6.45, 7) is 0. The van der Waals surface area contributed by atoms with E-state index in [-0.39, 0.29) is 6.42 Å². The number of unbranched alkanes of at least 4 members (excludes halogenated alkanes) is 2. The summed E-state index contributed by atoms with van der Waals surface area (Å²) in [5, 5.41) is 9.58. The number of carbonyl (C=O) groups is 1. The summed E-state index contributed by atoms with van der Waals surface area (Å²) >= 11 is 19.2. The van der Waals surface area contributed by atoms with Crippen LogP contribution < -0.4 is 0 Å². The van der Waals surface area contributed by atoms with E-state index in [9.17, 15) is 4.79 Å². The average molecular weight is 418 g/mol. The molecule has 0 saturated heterocycles. The van der Waals surface area contributed by atoms with Crippen molar-refractivity contribution >= 4 is 52.5 Å². The zero-order valence-electron chi connectivity index (χ0n) is 13.6. The molecule has 0 radical (unpaired) electrons. The molecule has 6 heteroatoms. The first-order chi connectivity index (χ1) is 11.9. The molecule has 0 aliphatic carbocycles. The number of halogens is 3. The van der Waals surface area contributed by atoms with E-state index in [1.807, 2.05) is 24.3 Å². The number of benzene rings is 2. The largest absolute Gasteiger partial charge is 0.479 e. The van der Waals surface area contributed by atoms with Crippen LogP contribution in [0, 0.1) is 0 Å². The number of rotatable bonds is 9. The van der Waals surface area contributed by atoms with E-state index < -0.39 is 10.3 Å². The standard InChI is InChI=1S/C19H19Cl3O2S/c20-16-9-7-14(8-10-16)15-5-4-6-17(13-15)25-12-3-1-2-11-19(21,22)18(23)24/h4-10,13H,1-3,11-12H2,(H,23,24). The van der Waals surface area contributed by atoms with Crippen LogP contribution in [-0.2, 0) is 4.79 Å². The van der Waals surface area contributed by atoms with Crippen LogP contribution in [0.3, 0.4) is 0 Å². The summed E-state index contributed by atoms with van der Waals surface area (Å²) in [6.07, 6.45) is 2.85. The molecular formula is C19H19Cl3O2S. The molecule has 0 aliphatic heterocycles. The van der Waals surface area contributed by atoms with Crippen LogP contribution in [0.2, 0.25) is 5.02 Å². The number of hydrogen-bond acceptors (Lipinski definition) is 2. The molecule has 2 rings (SSSR count). The Kier molecular flexibility index (Phi) is 7.95. The molecule has 2 aromatic carbocycles. The van der Waals surface area contributed by atoms with E-state index in [2.05, 4.69) is 24.3 Å². The van der Waals surface area contributed by atoms with Crippen LogP contribution in [0.25, 0.3) is 11.1 Å². The fraction of sp³-hybridized carbons (Fsp3) is 0.316.